The molecule has 0 bridgehead atoms. The number of rotatable bonds is 5. The van der Waals surface area contributed by atoms with E-state index in [4.69, 9.17) is 0 Å². The molecule has 96 valence electrons. The van der Waals surface area contributed by atoms with Gasteiger partial charge in [-0.3, -0.25) is 0 Å². The number of aromatic nitrogens is 1. The molecule has 2 atom stereocenters. The van der Waals surface area contributed by atoms with Crippen molar-refractivity contribution in [1.29, 1.82) is 0 Å². The van der Waals surface area contributed by atoms with Gasteiger partial charge in [-0.2, -0.15) is 9.37 Å². The van der Waals surface area contributed by atoms with Crippen LogP contribution in [0.2, 0.25) is 0 Å². The quantitative estimate of drug-likeness (QED) is 0.800. The van der Waals surface area contributed by atoms with Gasteiger partial charge in [-0.1, -0.05) is 20.3 Å². The second-order valence-electron chi connectivity index (χ2n) is 4.39. The Bertz CT molecular complexity index is 382. The summed E-state index contributed by atoms with van der Waals surface area (Å²) in [5.74, 6) is -3.20. The van der Waals surface area contributed by atoms with Gasteiger partial charge in [-0.15, -0.1) is 0 Å². The Morgan fingerprint density at radius 3 is 2.47 bits per heavy atom. The predicted molar refractivity (Wildman–Crippen MR) is 61.3 cm³/mol. The van der Waals surface area contributed by atoms with Crippen LogP contribution >= 0.6 is 0 Å². The molecule has 1 aromatic rings. The van der Waals surface area contributed by atoms with Crippen LogP contribution in [0.25, 0.3) is 0 Å². The summed E-state index contributed by atoms with van der Waals surface area (Å²) >= 11 is 0. The highest BCUT2D eigenvalue weighted by Crippen LogP contribution is 2.18. The number of hydrogen-bond acceptors (Lipinski definition) is 2. The van der Waals surface area contributed by atoms with Gasteiger partial charge in [0.15, 0.2) is 17.5 Å². The average molecular weight is 246 g/mol. The molecule has 0 aliphatic carbocycles. The molecule has 0 aliphatic heterocycles. The first kappa shape index (κ1) is 13.8. The first-order valence-corrected chi connectivity index (χ1v) is 5.72. The monoisotopic (exact) mass is 246 g/mol. The minimum atomic E-state index is -1.29. The van der Waals surface area contributed by atoms with Crippen molar-refractivity contribution in [3.8, 4) is 0 Å². The number of nitrogens with one attached hydrogen (secondary N) is 1. The van der Waals surface area contributed by atoms with E-state index in [1.54, 1.807) is 0 Å². The van der Waals surface area contributed by atoms with E-state index in [0.29, 0.717) is 12.0 Å². The average Bonchev–Trinajstić information content (AvgIpc) is 2.25. The van der Waals surface area contributed by atoms with Crippen LogP contribution in [0.1, 0.15) is 33.6 Å². The van der Waals surface area contributed by atoms with E-state index in [0.717, 1.165) is 12.8 Å². The predicted octanol–water partition coefficient (Wildman–Crippen LogP) is 3.74. The molecule has 17 heavy (non-hydrogen) atoms. The van der Waals surface area contributed by atoms with Gasteiger partial charge >= 0.3 is 0 Å². The molecule has 0 amide bonds. The zero-order valence-electron chi connectivity index (χ0n) is 10.2. The molecular formula is C12H17F3N2. The number of pyridine rings is 1. The molecule has 0 saturated carbocycles. The zero-order valence-corrected chi connectivity index (χ0v) is 10.2. The van der Waals surface area contributed by atoms with Crippen molar-refractivity contribution in [3.05, 3.63) is 23.6 Å². The molecule has 0 radical (unpaired) electrons. The largest absolute Gasteiger partial charge is 0.365 e. The summed E-state index contributed by atoms with van der Waals surface area (Å²) in [5, 5.41) is 2.75. The maximum absolute atomic E-state index is 13.3. The third-order valence-electron chi connectivity index (χ3n) is 2.72. The van der Waals surface area contributed by atoms with E-state index >= 15 is 0 Å². The summed E-state index contributed by atoms with van der Waals surface area (Å²) in [4.78, 5) is 3.22. The highest BCUT2D eigenvalue weighted by atomic mass is 19.2. The van der Waals surface area contributed by atoms with Crippen LogP contribution in [0.5, 0.6) is 0 Å². The van der Waals surface area contributed by atoms with Crippen molar-refractivity contribution in [2.45, 2.75) is 39.7 Å². The third-order valence-corrected chi connectivity index (χ3v) is 2.72. The van der Waals surface area contributed by atoms with Crippen molar-refractivity contribution < 1.29 is 13.2 Å². The Hall–Kier alpha value is -1.26. The fraction of sp³-hybridized carbons (Fsp3) is 0.583. The fourth-order valence-corrected chi connectivity index (χ4v) is 1.61. The van der Waals surface area contributed by atoms with Crippen molar-refractivity contribution in [1.82, 2.24) is 4.98 Å². The van der Waals surface area contributed by atoms with Crippen LogP contribution < -0.4 is 5.32 Å². The second-order valence-corrected chi connectivity index (χ2v) is 4.39. The van der Waals surface area contributed by atoms with Gasteiger partial charge < -0.3 is 5.32 Å². The van der Waals surface area contributed by atoms with Crippen molar-refractivity contribution in [2.75, 3.05) is 5.32 Å². The van der Waals surface area contributed by atoms with Crippen molar-refractivity contribution in [2.24, 2.45) is 5.92 Å². The topological polar surface area (TPSA) is 24.9 Å². The molecule has 0 saturated heterocycles. The number of nitrogens with zero attached hydrogens (tertiary/aromatic N) is 1. The molecule has 0 aromatic carbocycles. The lowest BCUT2D eigenvalue weighted by atomic mass is 10.0. The van der Waals surface area contributed by atoms with Crippen LogP contribution in [-0.4, -0.2) is 11.0 Å². The SMILES string of the molecule is CCC(C)CC(C)Nc1nc(F)c(F)cc1F. The lowest BCUT2D eigenvalue weighted by Gasteiger charge is -2.18. The summed E-state index contributed by atoms with van der Waals surface area (Å²) in [7, 11) is 0. The van der Waals surface area contributed by atoms with Crippen molar-refractivity contribution in [3.63, 3.8) is 0 Å². The van der Waals surface area contributed by atoms with Gasteiger partial charge in [0.2, 0.25) is 0 Å². The summed E-state index contributed by atoms with van der Waals surface area (Å²) < 4.78 is 38.8. The Kier molecular flexibility index (Phi) is 4.78. The molecule has 2 unspecified atom stereocenters. The molecule has 1 heterocycles. The van der Waals surface area contributed by atoms with Gasteiger partial charge in [-0.25, -0.2) is 8.78 Å². The maximum atomic E-state index is 13.3. The first-order valence-electron chi connectivity index (χ1n) is 5.72. The summed E-state index contributed by atoms with van der Waals surface area (Å²) in [6.07, 6.45) is 1.83. The fourth-order valence-electron chi connectivity index (χ4n) is 1.61. The van der Waals surface area contributed by atoms with E-state index in [1.165, 1.54) is 0 Å². The van der Waals surface area contributed by atoms with Gasteiger partial charge in [0, 0.05) is 12.1 Å². The lowest BCUT2D eigenvalue weighted by Crippen LogP contribution is -2.20. The summed E-state index contributed by atoms with van der Waals surface area (Å²) in [6, 6.07) is 0.456. The molecule has 2 nitrogen and oxygen atoms in total. The highest BCUT2D eigenvalue weighted by Gasteiger charge is 2.14. The second kappa shape index (κ2) is 5.89. The lowest BCUT2D eigenvalue weighted by molar-refractivity contribution is 0.459. The van der Waals surface area contributed by atoms with Crippen LogP contribution in [-0.2, 0) is 0 Å². The molecule has 0 aliphatic rings. The van der Waals surface area contributed by atoms with Gasteiger partial charge in [0.05, 0.1) is 0 Å². The van der Waals surface area contributed by atoms with Crippen LogP contribution in [0, 0.1) is 23.5 Å². The van der Waals surface area contributed by atoms with E-state index < -0.39 is 17.6 Å². The van der Waals surface area contributed by atoms with Crippen LogP contribution in [0.15, 0.2) is 6.07 Å². The Balaban J connectivity index is 2.71. The maximum Gasteiger partial charge on any atom is 0.251 e. The van der Waals surface area contributed by atoms with E-state index in [9.17, 15) is 13.2 Å². The van der Waals surface area contributed by atoms with E-state index in [2.05, 4.69) is 24.1 Å². The number of hydrogen-bond donors (Lipinski definition) is 1. The Labute approximate surface area is 99.3 Å². The molecule has 1 rings (SSSR count). The van der Waals surface area contributed by atoms with Gasteiger partial charge in [0.25, 0.3) is 5.95 Å². The van der Waals surface area contributed by atoms with E-state index in [-0.39, 0.29) is 11.9 Å². The standard InChI is InChI=1S/C12H17F3N2/c1-4-7(2)5-8(3)16-12-10(14)6-9(13)11(15)17-12/h6-8H,4-5H2,1-3H3,(H,16,17). The normalized spacial score (nSPS) is 14.5. The van der Waals surface area contributed by atoms with Gasteiger partial charge in [0.1, 0.15) is 0 Å². The number of anilines is 1. The van der Waals surface area contributed by atoms with Crippen LogP contribution in [0.4, 0.5) is 19.0 Å². The van der Waals surface area contributed by atoms with Crippen molar-refractivity contribution >= 4 is 5.82 Å². The minimum Gasteiger partial charge on any atom is -0.365 e. The van der Waals surface area contributed by atoms with Gasteiger partial charge in [-0.05, 0) is 19.3 Å². The summed E-state index contributed by atoms with van der Waals surface area (Å²) in [5.41, 5.74) is 0. The first-order chi connectivity index (χ1) is 7.93. The smallest absolute Gasteiger partial charge is 0.251 e. The molecule has 1 N–H and O–H groups in total. The molecular weight excluding hydrogens is 229 g/mol. The molecule has 1 aromatic heterocycles. The molecule has 0 fully saturated rings. The van der Waals surface area contributed by atoms with Crippen LogP contribution in [0.3, 0.4) is 0 Å². The highest BCUT2D eigenvalue weighted by molar-refractivity contribution is 5.37. The minimum absolute atomic E-state index is 0.0446. The zero-order chi connectivity index (χ0) is 13.0. The molecule has 0 spiro atoms. The third kappa shape index (κ3) is 3.91. The Morgan fingerprint density at radius 1 is 1.24 bits per heavy atom. The number of halogens is 3. The summed E-state index contributed by atoms with van der Waals surface area (Å²) in [6.45, 7) is 6.00. The molecule has 5 heteroatoms. The Morgan fingerprint density at radius 2 is 1.88 bits per heavy atom. The van der Waals surface area contributed by atoms with E-state index in [1.807, 2.05) is 6.92 Å².